The number of benzene rings is 1. The third kappa shape index (κ3) is 4.42. The molecule has 2 aliphatic carbocycles. The average Bonchev–Trinajstić information content (AvgIpc) is 3.09. The lowest BCUT2D eigenvalue weighted by atomic mass is 9.85. The highest BCUT2D eigenvalue weighted by molar-refractivity contribution is 6.05. The molecule has 6 nitrogen and oxygen atoms in total. The molecule has 2 heterocycles. The van der Waals surface area contributed by atoms with Crippen molar-refractivity contribution in [3.8, 4) is 5.75 Å². The number of rotatable bonds is 5. The first-order chi connectivity index (χ1) is 16.0. The lowest BCUT2D eigenvalue weighted by Gasteiger charge is -2.43. The molecule has 3 fully saturated rings. The van der Waals surface area contributed by atoms with Gasteiger partial charge in [0.05, 0.1) is 23.6 Å². The fourth-order valence-corrected chi connectivity index (χ4v) is 6.27. The summed E-state index contributed by atoms with van der Waals surface area (Å²) in [6.45, 7) is 8.22. The number of allylic oxidation sites excluding steroid dienone is 2. The second-order valence-corrected chi connectivity index (χ2v) is 10.3. The number of amides is 2. The maximum atomic E-state index is 12.9. The van der Waals surface area contributed by atoms with E-state index in [1.54, 1.807) is 4.90 Å². The second kappa shape index (κ2) is 9.49. The van der Waals surface area contributed by atoms with Crippen molar-refractivity contribution >= 4 is 17.5 Å². The Morgan fingerprint density at radius 3 is 2.00 bits per heavy atom. The highest BCUT2D eigenvalue weighted by Gasteiger charge is 2.50. The van der Waals surface area contributed by atoms with Crippen LogP contribution >= 0.6 is 0 Å². The van der Waals surface area contributed by atoms with Gasteiger partial charge in [-0.1, -0.05) is 24.3 Å². The zero-order chi connectivity index (χ0) is 22.9. The molecule has 2 atom stereocenters. The topological polar surface area (TPSA) is 53.1 Å². The van der Waals surface area contributed by atoms with Gasteiger partial charge in [0.25, 0.3) is 0 Å². The van der Waals surface area contributed by atoms with E-state index in [4.69, 9.17) is 4.74 Å². The third-order valence-electron chi connectivity index (χ3n) is 7.97. The predicted molar refractivity (Wildman–Crippen MR) is 129 cm³/mol. The van der Waals surface area contributed by atoms with Crippen LogP contribution in [0.25, 0.3) is 0 Å². The molecule has 1 saturated carbocycles. The number of piperazine rings is 1. The molecule has 0 bridgehead atoms. The Labute approximate surface area is 197 Å². The Morgan fingerprint density at radius 1 is 0.818 bits per heavy atom. The van der Waals surface area contributed by atoms with Crippen molar-refractivity contribution in [1.82, 2.24) is 9.80 Å². The molecule has 0 radical (unpaired) electrons. The van der Waals surface area contributed by atoms with Gasteiger partial charge in [0.15, 0.2) is 0 Å². The van der Waals surface area contributed by atoms with E-state index in [0.29, 0.717) is 6.04 Å². The quantitative estimate of drug-likeness (QED) is 0.503. The minimum Gasteiger partial charge on any atom is -0.489 e. The molecule has 2 amide bonds. The number of para-hydroxylation sites is 2. The monoisotopic (exact) mass is 451 g/mol. The fourth-order valence-electron chi connectivity index (χ4n) is 6.27. The maximum absolute atomic E-state index is 12.9. The van der Waals surface area contributed by atoms with Gasteiger partial charge in [0.2, 0.25) is 11.8 Å². The summed E-state index contributed by atoms with van der Waals surface area (Å²) in [6, 6.07) is 9.02. The van der Waals surface area contributed by atoms with Crippen molar-refractivity contribution in [2.24, 2.45) is 11.8 Å². The van der Waals surface area contributed by atoms with Crippen LogP contribution in [0.4, 0.5) is 5.69 Å². The summed E-state index contributed by atoms with van der Waals surface area (Å²) in [5.41, 5.74) is 1.19. The minimum atomic E-state index is -0.101. The Bertz CT molecular complexity index is 872. The van der Waals surface area contributed by atoms with Crippen molar-refractivity contribution < 1.29 is 14.3 Å². The summed E-state index contributed by atoms with van der Waals surface area (Å²) in [4.78, 5) is 32.6. The molecule has 0 spiro atoms. The highest BCUT2D eigenvalue weighted by Crippen LogP contribution is 2.39. The van der Waals surface area contributed by atoms with E-state index in [1.807, 2.05) is 6.07 Å². The minimum absolute atomic E-state index is 0.0914. The zero-order valence-corrected chi connectivity index (χ0v) is 20.0. The normalized spacial score (nSPS) is 30.8. The van der Waals surface area contributed by atoms with Crippen molar-refractivity contribution in [1.29, 1.82) is 0 Å². The van der Waals surface area contributed by atoms with Crippen LogP contribution in [-0.4, -0.2) is 66.0 Å². The zero-order valence-electron chi connectivity index (χ0n) is 20.0. The summed E-state index contributed by atoms with van der Waals surface area (Å²) >= 11 is 0. The molecule has 2 unspecified atom stereocenters. The molecular weight excluding hydrogens is 414 g/mol. The van der Waals surface area contributed by atoms with Crippen LogP contribution in [-0.2, 0) is 9.59 Å². The number of hydrogen-bond acceptors (Lipinski definition) is 5. The standard InChI is InChI=1S/C27H37N3O3/c1-19(2)33-25-10-6-5-9-24(25)29-17-15-28(16-18-29)20-11-13-21(14-12-20)30-26(31)22-7-3-4-8-23(22)27(30)32/h3-6,9-10,19-23H,7-8,11-18H2,1-2H3. The first-order valence-electron chi connectivity index (χ1n) is 12.8. The summed E-state index contributed by atoms with van der Waals surface area (Å²) in [5, 5.41) is 0. The van der Waals surface area contributed by atoms with Crippen LogP contribution in [0, 0.1) is 11.8 Å². The Hall–Kier alpha value is -2.34. The number of likely N-dealkylation sites (tertiary alicyclic amines) is 1. The molecular formula is C27H37N3O3. The van der Waals surface area contributed by atoms with Gasteiger partial charge in [0, 0.05) is 38.3 Å². The maximum Gasteiger partial charge on any atom is 0.233 e. The summed E-state index contributed by atoms with van der Waals surface area (Å²) < 4.78 is 6.04. The van der Waals surface area contributed by atoms with Gasteiger partial charge in [-0.2, -0.15) is 0 Å². The van der Waals surface area contributed by atoms with Crippen molar-refractivity contribution in [3.05, 3.63) is 36.4 Å². The molecule has 0 N–H and O–H groups in total. The van der Waals surface area contributed by atoms with Gasteiger partial charge in [-0.15, -0.1) is 0 Å². The summed E-state index contributed by atoms with van der Waals surface area (Å²) in [5.74, 6) is 0.950. The highest BCUT2D eigenvalue weighted by atomic mass is 16.5. The molecule has 4 aliphatic rings. The molecule has 1 aromatic carbocycles. The number of hydrogen-bond donors (Lipinski definition) is 0. The van der Waals surface area contributed by atoms with E-state index >= 15 is 0 Å². The van der Waals surface area contributed by atoms with E-state index in [1.165, 1.54) is 5.69 Å². The molecule has 178 valence electrons. The van der Waals surface area contributed by atoms with Crippen LogP contribution in [0.3, 0.4) is 0 Å². The smallest absolute Gasteiger partial charge is 0.233 e. The van der Waals surface area contributed by atoms with Gasteiger partial charge < -0.3 is 9.64 Å². The first-order valence-corrected chi connectivity index (χ1v) is 12.8. The fraction of sp³-hybridized carbons (Fsp3) is 0.630. The van der Waals surface area contributed by atoms with Crippen molar-refractivity contribution in [3.63, 3.8) is 0 Å². The molecule has 6 heteroatoms. The van der Waals surface area contributed by atoms with Gasteiger partial charge in [0.1, 0.15) is 5.75 Å². The number of carbonyl (C=O) groups is 2. The van der Waals surface area contributed by atoms with E-state index in [9.17, 15) is 9.59 Å². The van der Waals surface area contributed by atoms with Crippen LogP contribution in [0.5, 0.6) is 5.75 Å². The molecule has 33 heavy (non-hydrogen) atoms. The molecule has 2 saturated heterocycles. The van der Waals surface area contributed by atoms with Crippen molar-refractivity contribution in [2.45, 2.75) is 70.6 Å². The lowest BCUT2D eigenvalue weighted by molar-refractivity contribution is -0.143. The average molecular weight is 452 g/mol. The molecule has 5 rings (SSSR count). The van der Waals surface area contributed by atoms with Crippen LogP contribution < -0.4 is 9.64 Å². The van der Waals surface area contributed by atoms with E-state index in [2.05, 4.69) is 54.0 Å². The number of ether oxygens (including phenoxy) is 1. The van der Waals surface area contributed by atoms with Gasteiger partial charge in [-0.3, -0.25) is 19.4 Å². The SMILES string of the molecule is CC(C)Oc1ccccc1N1CCN(C2CCC(N3C(=O)C4CC=CCC4C3=O)CC2)CC1. The number of imide groups is 1. The van der Waals surface area contributed by atoms with E-state index in [-0.39, 0.29) is 35.8 Å². The van der Waals surface area contributed by atoms with Gasteiger partial charge in [-0.25, -0.2) is 0 Å². The van der Waals surface area contributed by atoms with Crippen LogP contribution in [0.15, 0.2) is 36.4 Å². The predicted octanol–water partition coefficient (Wildman–Crippen LogP) is 3.86. The number of nitrogens with zero attached hydrogens (tertiary/aromatic N) is 3. The molecule has 2 aliphatic heterocycles. The molecule has 1 aromatic rings. The van der Waals surface area contributed by atoms with Crippen LogP contribution in [0.2, 0.25) is 0 Å². The molecule has 0 aromatic heterocycles. The largest absolute Gasteiger partial charge is 0.489 e. The van der Waals surface area contributed by atoms with Gasteiger partial charge in [-0.05, 0) is 64.5 Å². The Kier molecular flexibility index (Phi) is 6.46. The lowest BCUT2D eigenvalue weighted by Crippen LogP contribution is -2.53. The Morgan fingerprint density at radius 2 is 1.39 bits per heavy atom. The Balaban J connectivity index is 1.14. The van der Waals surface area contributed by atoms with E-state index < -0.39 is 0 Å². The first kappa shape index (κ1) is 22.5. The third-order valence-corrected chi connectivity index (χ3v) is 7.97. The summed E-state index contributed by atoms with van der Waals surface area (Å²) in [6.07, 6.45) is 9.80. The number of carbonyl (C=O) groups excluding carboxylic acids is 2. The van der Waals surface area contributed by atoms with Crippen molar-refractivity contribution in [2.75, 3.05) is 31.1 Å². The summed E-state index contributed by atoms with van der Waals surface area (Å²) in [7, 11) is 0. The van der Waals surface area contributed by atoms with E-state index in [0.717, 1.165) is 70.5 Å². The number of anilines is 1. The van der Waals surface area contributed by atoms with Gasteiger partial charge >= 0.3 is 0 Å². The number of fused-ring (bicyclic) bond motifs is 1. The van der Waals surface area contributed by atoms with Crippen LogP contribution in [0.1, 0.15) is 52.4 Å². The second-order valence-electron chi connectivity index (χ2n) is 10.3.